The number of rotatable bonds is 6. The molecule has 4 rings (SSSR count). The largest absolute Gasteiger partial charge is 0.478 e. The van der Waals surface area contributed by atoms with Crippen LogP contribution in [0.2, 0.25) is 0 Å². The van der Waals surface area contributed by atoms with Gasteiger partial charge in [0.1, 0.15) is 5.82 Å². The van der Waals surface area contributed by atoms with E-state index in [2.05, 4.69) is 46.9 Å². The number of aromatic nitrogens is 1. The lowest BCUT2D eigenvalue weighted by Gasteiger charge is -2.29. The molecule has 0 fully saturated rings. The zero-order chi connectivity index (χ0) is 18.6. The van der Waals surface area contributed by atoms with E-state index in [1.165, 1.54) is 16.7 Å². The molecule has 3 heterocycles. The molecule has 0 saturated carbocycles. The van der Waals surface area contributed by atoms with Crippen LogP contribution in [-0.2, 0) is 13.0 Å². The van der Waals surface area contributed by atoms with Gasteiger partial charge in [-0.15, -0.1) is 0 Å². The monoisotopic (exact) mass is 361 g/mol. The van der Waals surface area contributed by atoms with Crippen molar-refractivity contribution in [2.45, 2.75) is 32.7 Å². The number of aryl methyl sites for hydroxylation is 1. The molecule has 2 aromatic rings. The van der Waals surface area contributed by atoms with Gasteiger partial charge in [-0.25, -0.2) is 0 Å². The van der Waals surface area contributed by atoms with Crippen LogP contribution >= 0.6 is 0 Å². The van der Waals surface area contributed by atoms with Gasteiger partial charge in [0, 0.05) is 30.4 Å². The first-order valence-corrected chi connectivity index (χ1v) is 9.76. The molecule has 4 nitrogen and oxygen atoms in total. The summed E-state index contributed by atoms with van der Waals surface area (Å²) < 4.78 is 5.85. The van der Waals surface area contributed by atoms with Crippen LogP contribution in [0, 0.1) is 6.92 Å². The lowest BCUT2D eigenvalue weighted by molar-refractivity contribution is 0.233. The minimum atomic E-state index is 0.673. The zero-order valence-corrected chi connectivity index (χ0v) is 16.0. The van der Waals surface area contributed by atoms with Gasteiger partial charge in [0.05, 0.1) is 6.61 Å². The minimum absolute atomic E-state index is 0.673. The van der Waals surface area contributed by atoms with E-state index in [1.807, 2.05) is 24.3 Å². The molecule has 0 saturated heterocycles. The zero-order valence-electron chi connectivity index (χ0n) is 16.0. The second-order valence-electron chi connectivity index (χ2n) is 7.42. The Bertz CT molecular complexity index is 872. The van der Waals surface area contributed by atoms with Crippen molar-refractivity contribution >= 4 is 11.9 Å². The van der Waals surface area contributed by atoms with Crippen LogP contribution in [0.25, 0.3) is 6.08 Å². The van der Waals surface area contributed by atoms with E-state index in [9.17, 15) is 0 Å². The molecule has 27 heavy (non-hydrogen) atoms. The molecule has 0 amide bonds. The molecule has 0 aliphatic carbocycles. The van der Waals surface area contributed by atoms with Crippen LogP contribution in [0.15, 0.2) is 48.7 Å². The number of nitrogens with one attached hydrogen (secondary N) is 1. The Hall–Kier alpha value is -2.59. The van der Waals surface area contributed by atoms with Crippen molar-refractivity contribution < 1.29 is 4.74 Å². The van der Waals surface area contributed by atoms with Gasteiger partial charge in [0.15, 0.2) is 0 Å². The van der Waals surface area contributed by atoms with Gasteiger partial charge >= 0.3 is 0 Å². The molecule has 0 bridgehead atoms. The van der Waals surface area contributed by atoms with Crippen LogP contribution in [0.3, 0.4) is 0 Å². The van der Waals surface area contributed by atoms with E-state index in [4.69, 9.17) is 4.74 Å². The molecule has 1 aromatic carbocycles. The van der Waals surface area contributed by atoms with E-state index in [0.29, 0.717) is 12.5 Å². The highest BCUT2D eigenvalue weighted by Crippen LogP contribution is 2.25. The van der Waals surface area contributed by atoms with Crippen molar-refractivity contribution in [3.05, 3.63) is 70.9 Å². The summed E-state index contributed by atoms with van der Waals surface area (Å²) in [5.74, 6) is 1.49. The molecular formula is C23H27N3O. The third-order valence-electron chi connectivity index (χ3n) is 5.22. The number of fused-ring (bicyclic) bond motifs is 2. The number of benzene rings is 1. The SMILES string of the molecule is C=C1C=Cc2ccc(OCCCCN3CCc4ccc(C)cc4C3)nc2N1. The minimum Gasteiger partial charge on any atom is -0.478 e. The van der Waals surface area contributed by atoms with Gasteiger partial charge in [0.2, 0.25) is 5.88 Å². The standard InChI is InChI=1S/C23H27N3O/c1-17-5-7-19-11-13-26(16-21(19)15-17)12-3-4-14-27-22-10-9-20-8-6-18(2)24-23(20)25-22/h5-10,15H,2-4,11-14,16H2,1H3,(H,24,25). The second kappa shape index (κ2) is 7.97. The number of ether oxygens (including phenoxy) is 1. The van der Waals surface area contributed by atoms with E-state index >= 15 is 0 Å². The molecule has 1 aromatic heterocycles. The highest BCUT2D eigenvalue weighted by molar-refractivity contribution is 5.71. The summed E-state index contributed by atoms with van der Waals surface area (Å²) in [6.07, 6.45) is 7.31. The van der Waals surface area contributed by atoms with Crippen LogP contribution in [0.4, 0.5) is 5.82 Å². The molecule has 0 atom stereocenters. The molecule has 1 N–H and O–H groups in total. The van der Waals surface area contributed by atoms with Crippen molar-refractivity contribution in [3.8, 4) is 5.88 Å². The first-order valence-electron chi connectivity index (χ1n) is 9.76. The summed E-state index contributed by atoms with van der Waals surface area (Å²) in [6.45, 7) is 10.1. The van der Waals surface area contributed by atoms with Crippen molar-refractivity contribution in [2.75, 3.05) is 25.0 Å². The first kappa shape index (κ1) is 17.8. The number of nitrogens with zero attached hydrogens (tertiary/aromatic N) is 2. The Morgan fingerprint density at radius 3 is 3.00 bits per heavy atom. The van der Waals surface area contributed by atoms with Gasteiger partial charge in [-0.3, -0.25) is 4.90 Å². The summed E-state index contributed by atoms with van der Waals surface area (Å²) in [5.41, 5.74) is 6.29. The molecule has 0 spiro atoms. The lowest BCUT2D eigenvalue weighted by atomic mass is 9.97. The quantitative estimate of drug-likeness (QED) is 0.766. The van der Waals surface area contributed by atoms with Crippen molar-refractivity contribution in [1.29, 1.82) is 0 Å². The van der Waals surface area contributed by atoms with Gasteiger partial charge < -0.3 is 10.1 Å². The molecule has 0 radical (unpaired) electrons. The highest BCUT2D eigenvalue weighted by atomic mass is 16.5. The number of hydrogen-bond donors (Lipinski definition) is 1. The van der Waals surface area contributed by atoms with E-state index in [0.717, 1.165) is 56.0 Å². The smallest absolute Gasteiger partial charge is 0.215 e. The van der Waals surface area contributed by atoms with E-state index < -0.39 is 0 Å². The Labute approximate surface area is 161 Å². The molecule has 4 heteroatoms. The highest BCUT2D eigenvalue weighted by Gasteiger charge is 2.15. The van der Waals surface area contributed by atoms with Crippen molar-refractivity contribution in [3.63, 3.8) is 0 Å². The summed E-state index contributed by atoms with van der Waals surface area (Å²) in [7, 11) is 0. The fraction of sp³-hybridized carbons (Fsp3) is 0.348. The molecular weight excluding hydrogens is 334 g/mol. The summed E-state index contributed by atoms with van der Waals surface area (Å²) in [5, 5.41) is 3.18. The predicted molar refractivity (Wildman–Crippen MR) is 111 cm³/mol. The first-order chi connectivity index (χ1) is 13.2. The normalized spacial score (nSPS) is 15.8. The number of allylic oxidation sites excluding steroid dienone is 1. The number of pyridine rings is 1. The van der Waals surface area contributed by atoms with Crippen LogP contribution in [0.5, 0.6) is 5.88 Å². The second-order valence-corrected chi connectivity index (χ2v) is 7.42. The molecule has 2 aliphatic rings. The van der Waals surface area contributed by atoms with Crippen LogP contribution < -0.4 is 10.1 Å². The van der Waals surface area contributed by atoms with E-state index in [-0.39, 0.29) is 0 Å². The number of anilines is 1. The summed E-state index contributed by atoms with van der Waals surface area (Å²) in [6, 6.07) is 10.8. The Morgan fingerprint density at radius 1 is 1.15 bits per heavy atom. The topological polar surface area (TPSA) is 37.4 Å². The molecule has 0 unspecified atom stereocenters. The van der Waals surface area contributed by atoms with Gasteiger partial charge in [-0.1, -0.05) is 30.3 Å². The van der Waals surface area contributed by atoms with Gasteiger partial charge in [-0.2, -0.15) is 4.98 Å². The predicted octanol–water partition coefficient (Wildman–Crippen LogP) is 4.56. The Kier molecular flexibility index (Phi) is 5.26. The third-order valence-corrected chi connectivity index (χ3v) is 5.22. The molecule has 2 aliphatic heterocycles. The van der Waals surface area contributed by atoms with Gasteiger partial charge in [-0.05, 0) is 62.1 Å². The fourth-order valence-electron chi connectivity index (χ4n) is 3.70. The maximum atomic E-state index is 5.85. The Morgan fingerprint density at radius 2 is 2.07 bits per heavy atom. The van der Waals surface area contributed by atoms with E-state index in [1.54, 1.807) is 0 Å². The number of unbranched alkanes of at least 4 members (excludes halogenated alkanes) is 1. The van der Waals surface area contributed by atoms with Crippen LogP contribution in [0.1, 0.15) is 35.1 Å². The van der Waals surface area contributed by atoms with Crippen molar-refractivity contribution in [1.82, 2.24) is 9.88 Å². The Balaban J connectivity index is 1.21. The van der Waals surface area contributed by atoms with Crippen LogP contribution in [-0.4, -0.2) is 29.6 Å². The third kappa shape index (κ3) is 4.40. The summed E-state index contributed by atoms with van der Waals surface area (Å²) in [4.78, 5) is 7.08. The molecule has 140 valence electrons. The van der Waals surface area contributed by atoms with Gasteiger partial charge in [0.25, 0.3) is 0 Å². The average Bonchev–Trinajstić information content (AvgIpc) is 2.67. The lowest BCUT2D eigenvalue weighted by Crippen LogP contribution is -2.31. The maximum Gasteiger partial charge on any atom is 0.215 e. The average molecular weight is 361 g/mol. The maximum absolute atomic E-state index is 5.85. The van der Waals surface area contributed by atoms with Crippen molar-refractivity contribution in [2.24, 2.45) is 0 Å². The fourth-order valence-corrected chi connectivity index (χ4v) is 3.70. The number of hydrogen-bond acceptors (Lipinski definition) is 4. The summed E-state index contributed by atoms with van der Waals surface area (Å²) >= 11 is 0.